The van der Waals surface area contributed by atoms with Crippen molar-refractivity contribution in [3.8, 4) is 11.5 Å². The largest absolute Gasteiger partial charge is 0.455 e. The number of nitrogens with one attached hydrogen (secondary N) is 1. The molecule has 0 aliphatic heterocycles. The molecule has 0 spiro atoms. The second-order valence-electron chi connectivity index (χ2n) is 6.36. The van der Waals surface area contributed by atoms with E-state index >= 15 is 0 Å². The second kappa shape index (κ2) is 7.64. The summed E-state index contributed by atoms with van der Waals surface area (Å²) in [5, 5.41) is 11.3. The van der Waals surface area contributed by atoms with Crippen LogP contribution in [0.25, 0.3) is 11.8 Å². The summed E-state index contributed by atoms with van der Waals surface area (Å²) < 4.78 is 13.0. The first-order chi connectivity index (χ1) is 13.6. The molecule has 138 valence electrons. The lowest BCUT2D eigenvalue weighted by Crippen LogP contribution is -2.37. The fourth-order valence-corrected chi connectivity index (χ4v) is 3.11. The minimum Gasteiger partial charge on any atom is -0.455 e. The van der Waals surface area contributed by atoms with Gasteiger partial charge in [-0.1, -0.05) is 18.5 Å². The molecular weight excluding hydrogens is 353 g/mol. The summed E-state index contributed by atoms with van der Waals surface area (Å²) in [5.74, 6) is 2.35. The number of ether oxygens (including phenoxy) is 2. The van der Waals surface area contributed by atoms with Crippen molar-refractivity contribution in [2.45, 2.75) is 19.8 Å². The molecular formula is C21H19BN3O3+. The summed E-state index contributed by atoms with van der Waals surface area (Å²) in [6.07, 6.45) is 11.5. The zero-order valence-electron chi connectivity index (χ0n) is 15.4. The summed E-state index contributed by atoms with van der Waals surface area (Å²) in [5.41, 5.74) is 1.63. The predicted octanol–water partition coefficient (Wildman–Crippen LogP) is 0.625. The highest BCUT2D eigenvalue weighted by Gasteiger charge is 2.15. The topological polar surface area (TPSA) is 71.2 Å². The van der Waals surface area contributed by atoms with Gasteiger partial charge in [0.2, 0.25) is 6.20 Å². The maximum Gasteiger partial charge on any atom is 0.264 e. The number of hydrogen-bond acceptors (Lipinski definition) is 4. The van der Waals surface area contributed by atoms with Crippen LogP contribution >= 0.6 is 0 Å². The lowest BCUT2D eigenvalue weighted by Gasteiger charge is -2.09. The van der Waals surface area contributed by atoms with Gasteiger partial charge in [0, 0.05) is 45.8 Å². The molecule has 1 aliphatic rings. The second-order valence-corrected chi connectivity index (χ2v) is 6.36. The first kappa shape index (κ1) is 17.9. The molecule has 0 unspecified atom stereocenters. The molecule has 0 saturated carbocycles. The van der Waals surface area contributed by atoms with Crippen LogP contribution in [0.2, 0.25) is 0 Å². The summed E-state index contributed by atoms with van der Waals surface area (Å²) in [7, 11) is 6.39. The van der Waals surface area contributed by atoms with E-state index in [0.29, 0.717) is 34.9 Å². The molecule has 0 amide bonds. The van der Waals surface area contributed by atoms with Gasteiger partial charge in [0.15, 0.2) is 5.75 Å². The number of allylic oxidation sites excluding steroid dienone is 1. The molecule has 0 saturated heterocycles. The molecule has 0 fully saturated rings. The molecule has 4 rings (SSSR count). The summed E-state index contributed by atoms with van der Waals surface area (Å²) in [6.45, 7) is 2.05. The third-order valence-corrected chi connectivity index (χ3v) is 4.42. The Hall–Kier alpha value is -3.48. The van der Waals surface area contributed by atoms with Gasteiger partial charge in [-0.05, 0) is 24.6 Å². The van der Waals surface area contributed by atoms with Crippen LogP contribution in [0.3, 0.4) is 0 Å². The summed E-state index contributed by atoms with van der Waals surface area (Å²) in [4.78, 5) is 7.47. The number of H-pyrrole nitrogens is 1. The first-order valence-electron chi connectivity index (χ1n) is 9.01. The maximum absolute atomic E-state index is 9.60. The van der Waals surface area contributed by atoms with Gasteiger partial charge in [0.25, 0.3) is 6.20 Å². The SMILES string of the molecule is [B]c1c(CC)[nH]c2c1=C(Oc1cccnc1)C=C(Oc1ccc[n+](O)c1)CC=2. The van der Waals surface area contributed by atoms with Crippen LogP contribution < -0.4 is 30.2 Å². The van der Waals surface area contributed by atoms with E-state index in [9.17, 15) is 5.21 Å². The van der Waals surface area contributed by atoms with Crippen LogP contribution in [-0.4, -0.2) is 23.0 Å². The maximum atomic E-state index is 9.60. The Morgan fingerprint density at radius 2 is 2.11 bits per heavy atom. The zero-order valence-corrected chi connectivity index (χ0v) is 15.4. The van der Waals surface area contributed by atoms with Crippen molar-refractivity contribution < 1.29 is 19.4 Å². The van der Waals surface area contributed by atoms with Gasteiger partial charge in [-0.25, -0.2) is 0 Å². The average Bonchev–Trinajstić information content (AvgIpc) is 2.92. The standard InChI is InChI=1S/C21H19BN3O3/c1-2-17-21(22)20-18(24-17)8-7-14(27-16-6-4-10-25(26)13-16)11-19(20)28-15-5-3-9-23-12-15/h3-6,8-13,24,26H,2,7H2,1H3/q+1. The quantitative estimate of drug-likeness (QED) is 0.392. The highest BCUT2D eigenvalue weighted by molar-refractivity contribution is 6.33. The van der Waals surface area contributed by atoms with E-state index in [1.807, 2.05) is 31.2 Å². The Bertz CT molecular complexity index is 1150. The third kappa shape index (κ3) is 3.64. The van der Waals surface area contributed by atoms with E-state index < -0.39 is 0 Å². The fourth-order valence-electron chi connectivity index (χ4n) is 3.11. The number of hydrogen-bond donors (Lipinski definition) is 2. The lowest BCUT2D eigenvalue weighted by molar-refractivity contribution is -0.904. The zero-order chi connectivity index (χ0) is 19.5. The van der Waals surface area contributed by atoms with Crippen molar-refractivity contribution in [1.82, 2.24) is 9.97 Å². The first-order valence-corrected chi connectivity index (χ1v) is 9.01. The molecule has 1 aliphatic carbocycles. The van der Waals surface area contributed by atoms with Crippen molar-refractivity contribution in [2.24, 2.45) is 0 Å². The molecule has 28 heavy (non-hydrogen) atoms. The van der Waals surface area contributed by atoms with Gasteiger partial charge in [0.05, 0.1) is 6.20 Å². The Morgan fingerprint density at radius 1 is 1.25 bits per heavy atom. The van der Waals surface area contributed by atoms with Crippen LogP contribution in [0.5, 0.6) is 11.5 Å². The smallest absolute Gasteiger partial charge is 0.264 e. The number of rotatable bonds is 5. The lowest BCUT2D eigenvalue weighted by atomic mass is 9.92. The molecule has 3 aromatic rings. The molecule has 7 heteroatoms. The minimum atomic E-state index is 0.512. The van der Waals surface area contributed by atoms with Crippen LogP contribution in [0, 0.1) is 0 Å². The molecule has 6 nitrogen and oxygen atoms in total. The summed E-state index contributed by atoms with van der Waals surface area (Å²) >= 11 is 0. The Balaban J connectivity index is 1.81. The van der Waals surface area contributed by atoms with E-state index in [2.05, 4.69) is 9.97 Å². The average molecular weight is 372 g/mol. The van der Waals surface area contributed by atoms with Crippen molar-refractivity contribution in [3.05, 3.63) is 77.1 Å². The van der Waals surface area contributed by atoms with Crippen LogP contribution in [0.15, 0.2) is 60.9 Å². The van der Waals surface area contributed by atoms with E-state index in [4.69, 9.17) is 17.3 Å². The normalized spacial score (nSPS) is 13.2. The predicted molar refractivity (Wildman–Crippen MR) is 105 cm³/mol. The number of pyridine rings is 2. The molecule has 2 radical (unpaired) electrons. The molecule has 0 bridgehead atoms. The van der Waals surface area contributed by atoms with Gasteiger partial charge in [0.1, 0.15) is 25.1 Å². The number of fused-ring (bicyclic) bond motifs is 1. The Labute approximate surface area is 163 Å². The van der Waals surface area contributed by atoms with Gasteiger partial charge < -0.3 is 14.5 Å². The number of aryl methyl sites for hydroxylation is 1. The van der Waals surface area contributed by atoms with Gasteiger partial charge in [-0.2, -0.15) is 0 Å². The highest BCUT2D eigenvalue weighted by Crippen LogP contribution is 2.19. The van der Waals surface area contributed by atoms with E-state index in [-0.39, 0.29) is 0 Å². The monoisotopic (exact) mass is 372 g/mol. The van der Waals surface area contributed by atoms with E-state index in [1.165, 1.54) is 12.4 Å². The molecule has 3 aromatic heterocycles. The number of aromatic nitrogens is 3. The molecule has 0 aromatic carbocycles. The Kier molecular flexibility index (Phi) is 4.89. The van der Waals surface area contributed by atoms with Crippen LogP contribution in [0.1, 0.15) is 19.0 Å². The van der Waals surface area contributed by atoms with Crippen LogP contribution in [0.4, 0.5) is 0 Å². The highest BCUT2D eigenvalue weighted by atomic mass is 16.5. The van der Waals surface area contributed by atoms with Crippen LogP contribution in [-0.2, 0) is 6.42 Å². The molecule has 2 N–H and O–H groups in total. The van der Waals surface area contributed by atoms with Gasteiger partial charge >= 0.3 is 0 Å². The van der Waals surface area contributed by atoms with E-state index in [0.717, 1.165) is 27.4 Å². The molecule has 3 heterocycles. The number of nitrogens with zero attached hydrogens (tertiary/aromatic N) is 2. The molecule has 0 atom stereocenters. The van der Waals surface area contributed by atoms with Crippen molar-refractivity contribution >= 4 is 25.1 Å². The minimum absolute atomic E-state index is 0.512. The Morgan fingerprint density at radius 3 is 2.86 bits per heavy atom. The van der Waals surface area contributed by atoms with Gasteiger partial charge in [-0.15, -0.1) is 0 Å². The fraction of sp³-hybridized carbons (Fsp3) is 0.143. The third-order valence-electron chi connectivity index (χ3n) is 4.42. The van der Waals surface area contributed by atoms with Crippen molar-refractivity contribution in [2.75, 3.05) is 0 Å². The summed E-state index contributed by atoms with van der Waals surface area (Å²) in [6, 6.07) is 7.10. The van der Waals surface area contributed by atoms with E-state index in [1.54, 1.807) is 24.5 Å². The van der Waals surface area contributed by atoms with Gasteiger partial charge in [-0.3, -0.25) is 10.2 Å². The number of aromatic amines is 1. The van der Waals surface area contributed by atoms with Crippen molar-refractivity contribution in [3.63, 3.8) is 0 Å². The van der Waals surface area contributed by atoms with Crippen molar-refractivity contribution in [1.29, 1.82) is 0 Å².